The quantitative estimate of drug-likeness (QED) is 0.0340. The maximum absolute atomic E-state index is 13.0. The Bertz CT molecular complexity index is 2440. The van der Waals surface area contributed by atoms with Crippen LogP contribution in [0, 0.1) is 0 Å². The van der Waals surface area contributed by atoms with Crippen LogP contribution in [-0.4, -0.2) is 369 Å². The second-order valence-corrected chi connectivity index (χ2v) is 22.7. The number of hydrogen-bond donors (Lipinski definition) is 22. The summed E-state index contributed by atoms with van der Waals surface area (Å²) in [6.07, 6.45) is -57.4. The van der Waals surface area contributed by atoms with Crippen LogP contribution in [-0.2, 0) is 90.3 Å². The first-order valence-electron chi connectivity index (χ1n) is 28.8. The Balaban J connectivity index is 1.13. The lowest BCUT2D eigenvalue weighted by atomic mass is 9.88. The number of aliphatic hydroxyl groups excluding tert-OH is 16. The van der Waals surface area contributed by atoms with Gasteiger partial charge in [-0.1, -0.05) is 0 Å². The van der Waals surface area contributed by atoms with Crippen LogP contribution < -0.4 is 21.7 Å². The van der Waals surface area contributed by atoms with E-state index in [0.29, 0.717) is 0 Å². The monoisotopic (exact) mass is 1340 g/mol. The third kappa shape index (κ3) is 17.4. The van der Waals surface area contributed by atoms with Gasteiger partial charge < -0.3 is 175 Å². The van der Waals surface area contributed by atoms with Crippen molar-refractivity contribution in [2.24, 2.45) is 5.73 Å². The molecule has 6 aliphatic heterocycles. The number of esters is 1. The number of carbonyl (C=O) groups is 6. The normalized spacial score (nSPS) is 43.1. The summed E-state index contributed by atoms with van der Waals surface area (Å²) in [5, 5.41) is 204. The largest absolute Gasteiger partial charge is 0.480 e. The van der Waals surface area contributed by atoms with Crippen LogP contribution in [0.1, 0.15) is 41.0 Å². The molecule has 6 heterocycles. The minimum Gasteiger partial charge on any atom is -0.480 e. The van der Waals surface area contributed by atoms with Gasteiger partial charge in [0.1, 0.15) is 153 Å². The molecule has 41 nitrogen and oxygen atoms in total. The average Bonchev–Trinajstić information content (AvgIpc) is 0.772. The zero-order valence-electron chi connectivity index (χ0n) is 49.8. The number of carbonyl (C=O) groups excluding carboxylic acids is 4. The van der Waals surface area contributed by atoms with Crippen LogP contribution in [0.5, 0.6) is 0 Å². The molecule has 92 heavy (non-hydrogen) atoms. The van der Waals surface area contributed by atoms with Gasteiger partial charge >= 0.3 is 17.9 Å². The van der Waals surface area contributed by atoms with E-state index in [-0.39, 0.29) is 0 Å². The van der Waals surface area contributed by atoms with Gasteiger partial charge in [0.2, 0.25) is 17.7 Å². The number of aliphatic carboxylic acids is 2. The topological polar surface area (TPSA) is 649 Å². The lowest BCUT2D eigenvalue weighted by molar-refractivity contribution is -0.395. The van der Waals surface area contributed by atoms with Gasteiger partial charge in [0.15, 0.2) is 31.5 Å². The van der Waals surface area contributed by atoms with Crippen molar-refractivity contribution in [3.63, 3.8) is 0 Å². The number of rotatable bonds is 27. The van der Waals surface area contributed by atoms with Crippen molar-refractivity contribution >= 4 is 35.6 Å². The summed E-state index contributed by atoms with van der Waals surface area (Å²) in [6, 6.07) is -6.63. The van der Waals surface area contributed by atoms with Gasteiger partial charge in [-0.2, -0.15) is 0 Å². The van der Waals surface area contributed by atoms with E-state index in [1.54, 1.807) is 0 Å². The molecule has 0 saturated carbocycles. The first-order valence-corrected chi connectivity index (χ1v) is 28.8. The number of hydrogen-bond acceptors (Lipinski definition) is 36. The fraction of sp³-hybridized carbons (Fsp3) is 0.882. The molecule has 0 aromatic heterocycles. The van der Waals surface area contributed by atoms with Crippen molar-refractivity contribution in [2.45, 2.75) is 243 Å². The number of amides is 3. The van der Waals surface area contributed by atoms with Gasteiger partial charge in [0.25, 0.3) is 5.79 Å². The molecule has 530 valence electrons. The molecule has 5 unspecified atom stereocenters. The number of ether oxygens (including phenoxy) is 13. The average molecular weight is 1350 g/mol. The lowest BCUT2D eigenvalue weighted by Crippen LogP contribution is -2.71. The highest BCUT2D eigenvalue weighted by molar-refractivity contribution is 5.77. The fourth-order valence-electron chi connectivity index (χ4n) is 11.2. The molecule has 0 spiro atoms. The van der Waals surface area contributed by atoms with E-state index >= 15 is 0 Å². The van der Waals surface area contributed by atoms with E-state index in [9.17, 15) is 121 Å². The fourth-order valence-corrected chi connectivity index (χ4v) is 11.2. The highest BCUT2D eigenvalue weighted by atomic mass is 16.8. The van der Waals surface area contributed by atoms with Gasteiger partial charge in [0, 0.05) is 34.1 Å². The van der Waals surface area contributed by atoms with E-state index in [0.717, 1.165) is 27.7 Å². The SMILES string of the molecule is CC(=O)N[C@H]1[C@H]([C@H](O)[C@H](O)COC(C)=O)O[C@@](O[C@@H]2[C@H](O)[C@@H](O)C(O[C@@H]3[C@H](O)[C@@H](O)C(O[C@@H]4[C@H](O)[C@@H](O)C(O[C@H]5[C@H](O)[C@@H](NC(C)=O)C(O[C@@H]6[C@H](O)[C@@H](NC(C)=O)C(O[C@H](C)[C@H](N)C(=O)O)O[C@@H]6CO)O[C@@H]5CO)O[C@@H]4CO)O[C@@H]3CO)O[C@@H]2CO)(C(=O)O)C[C@@H]1O. The molecule has 0 aromatic carbocycles. The van der Waals surface area contributed by atoms with Crippen molar-refractivity contribution in [1.29, 1.82) is 0 Å². The van der Waals surface area contributed by atoms with Gasteiger partial charge in [0.05, 0.1) is 51.3 Å². The summed E-state index contributed by atoms with van der Waals surface area (Å²) >= 11 is 0. The molecule has 6 aliphatic rings. The number of nitrogens with two attached hydrogens (primary N) is 1. The van der Waals surface area contributed by atoms with E-state index in [2.05, 4.69) is 16.0 Å². The molecule has 0 aromatic rings. The Hall–Kier alpha value is -4.34. The minimum absolute atomic E-state index is 0.758. The molecule has 0 radical (unpaired) electrons. The Morgan fingerprint density at radius 3 is 1.24 bits per heavy atom. The van der Waals surface area contributed by atoms with Gasteiger partial charge in [-0.15, -0.1) is 0 Å². The van der Waals surface area contributed by atoms with Crippen LogP contribution in [0.15, 0.2) is 0 Å². The van der Waals surface area contributed by atoms with Crippen molar-refractivity contribution in [3.8, 4) is 0 Å². The van der Waals surface area contributed by atoms with Crippen molar-refractivity contribution in [3.05, 3.63) is 0 Å². The molecule has 6 rings (SSSR count). The van der Waals surface area contributed by atoms with Crippen molar-refractivity contribution in [1.82, 2.24) is 16.0 Å². The van der Waals surface area contributed by atoms with Crippen molar-refractivity contribution < 1.29 is 182 Å². The van der Waals surface area contributed by atoms with Crippen LogP contribution in [0.3, 0.4) is 0 Å². The molecular weight excluding hydrogens is 1260 g/mol. The summed E-state index contributed by atoms with van der Waals surface area (Å²) in [5.41, 5.74) is 5.67. The molecule has 33 atom stereocenters. The minimum atomic E-state index is -3.17. The first-order chi connectivity index (χ1) is 43.2. The molecule has 0 aliphatic carbocycles. The highest BCUT2D eigenvalue weighted by Crippen LogP contribution is 2.40. The predicted molar refractivity (Wildman–Crippen MR) is 285 cm³/mol. The third-order valence-electron chi connectivity index (χ3n) is 16.0. The summed E-state index contributed by atoms with van der Waals surface area (Å²) in [7, 11) is 0. The van der Waals surface area contributed by atoms with Crippen LogP contribution >= 0.6 is 0 Å². The Morgan fingerprint density at radius 1 is 0.511 bits per heavy atom. The Kier molecular flexibility index (Phi) is 27.6. The van der Waals surface area contributed by atoms with Crippen LogP contribution in [0.4, 0.5) is 0 Å². The van der Waals surface area contributed by atoms with Crippen LogP contribution in [0.25, 0.3) is 0 Å². The van der Waals surface area contributed by atoms with E-state index in [4.69, 9.17) is 67.3 Å². The Labute approximate surface area is 521 Å². The summed E-state index contributed by atoms with van der Waals surface area (Å²) in [5.74, 6) is -10.1. The summed E-state index contributed by atoms with van der Waals surface area (Å²) in [6.45, 7) is -1.10. The van der Waals surface area contributed by atoms with Crippen LogP contribution in [0.2, 0.25) is 0 Å². The standard InChI is InChI=1S/C51H84N4O37/c1-13(25(52)44(76)77)81-45-27(54-15(3)62)30(68)38(20(7-56)82-45)87-46-28(55-16(4)63)31(69)39(21(8-57)83-46)88-47-35(73)32(70)40(22(9-58)84-47)89-48-36(74)33(71)41(23(10-59)85-48)90-49-37(75)34(72)42(24(11-60)86-49)91-51(50(78)79)6-18(65)26(53-14(2)61)43(92-51)29(67)19(66)12-80-17(5)64/h13,18-43,45-49,56-60,65-75H,6-12,52H2,1-5H3,(H,53,61)(H,54,62)(H,55,63)(H,76,77)(H,78,79)/t13-,18+,19-,20-,21-,22-,23-,24-,25+,26-,27-,28-,29-,30-,31-,32-,33-,34-,35-,36-,37-,38+,39-,40+,41+,42+,43-,45?,46?,47?,48?,49?,51-/m1/s1. The predicted octanol–water partition coefficient (Wildman–Crippen LogP) is -14.1. The number of carboxylic acid groups (broad SMARTS) is 2. The zero-order chi connectivity index (χ0) is 68.7. The molecular formula is C51H84N4O37. The maximum atomic E-state index is 13.0. The number of aliphatic hydroxyl groups is 16. The highest BCUT2D eigenvalue weighted by Gasteiger charge is 2.62. The molecule has 6 fully saturated rings. The molecule has 0 bridgehead atoms. The first kappa shape index (κ1) is 76.7. The molecule has 6 saturated heterocycles. The van der Waals surface area contributed by atoms with Gasteiger partial charge in [-0.3, -0.25) is 24.0 Å². The third-order valence-corrected chi connectivity index (χ3v) is 16.0. The number of nitrogens with one attached hydrogen (secondary N) is 3. The van der Waals surface area contributed by atoms with E-state index < -0.39 is 283 Å². The second-order valence-electron chi connectivity index (χ2n) is 22.7. The molecule has 41 heteroatoms. The number of carboxylic acids is 2. The van der Waals surface area contributed by atoms with Crippen molar-refractivity contribution in [2.75, 3.05) is 39.6 Å². The Morgan fingerprint density at radius 2 is 0.859 bits per heavy atom. The van der Waals surface area contributed by atoms with E-state index in [1.165, 1.54) is 6.92 Å². The lowest BCUT2D eigenvalue weighted by Gasteiger charge is -2.51. The van der Waals surface area contributed by atoms with E-state index in [1.807, 2.05) is 0 Å². The smallest absolute Gasteiger partial charge is 0.364 e. The summed E-state index contributed by atoms with van der Waals surface area (Å²) in [4.78, 5) is 73.0. The van der Waals surface area contributed by atoms with Gasteiger partial charge in [-0.25, -0.2) is 4.79 Å². The maximum Gasteiger partial charge on any atom is 0.364 e. The van der Waals surface area contributed by atoms with Gasteiger partial charge in [-0.05, 0) is 6.92 Å². The molecule has 3 amide bonds. The summed E-state index contributed by atoms with van der Waals surface area (Å²) < 4.78 is 73.7. The second kappa shape index (κ2) is 33.1. The zero-order valence-corrected chi connectivity index (χ0v) is 49.8. The molecule has 23 N–H and O–H groups in total.